The van der Waals surface area contributed by atoms with Crippen molar-refractivity contribution < 1.29 is 9.47 Å². The molecule has 0 aliphatic heterocycles. The molecule has 1 aromatic carbocycles. The fourth-order valence-corrected chi connectivity index (χ4v) is 2.34. The summed E-state index contributed by atoms with van der Waals surface area (Å²) in [6, 6.07) is 7.14. The zero-order valence-electron chi connectivity index (χ0n) is 13.7. The van der Waals surface area contributed by atoms with Crippen LogP contribution >= 0.6 is 0 Å². The molecular weight excluding hydrogens is 250 g/mol. The number of nitrogens with one attached hydrogen (secondary N) is 1. The topological polar surface area (TPSA) is 30.5 Å². The molecule has 3 unspecified atom stereocenters. The Morgan fingerprint density at radius 1 is 1.15 bits per heavy atom. The molecule has 1 rings (SSSR count). The lowest BCUT2D eigenvalue weighted by molar-refractivity contribution is 0.181. The summed E-state index contributed by atoms with van der Waals surface area (Å²) in [7, 11) is 3.40. The van der Waals surface area contributed by atoms with Crippen molar-refractivity contribution in [3.05, 3.63) is 29.3 Å². The number of benzene rings is 1. The molecule has 0 aromatic heterocycles. The van der Waals surface area contributed by atoms with Gasteiger partial charge in [0.15, 0.2) is 0 Å². The first-order chi connectivity index (χ1) is 9.53. The summed E-state index contributed by atoms with van der Waals surface area (Å²) in [4.78, 5) is 0. The largest absolute Gasteiger partial charge is 0.496 e. The van der Waals surface area contributed by atoms with E-state index in [1.165, 1.54) is 12.0 Å². The zero-order chi connectivity index (χ0) is 15.1. The molecule has 1 N–H and O–H groups in total. The van der Waals surface area contributed by atoms with Gasteiger partial charge in [-0.1, -0.05) is 26.3 Å². The average Bonchev–Trinajstić information content (AvgIpc) is 2.46. The van der Waals surface area contributed by atoms with Crippen LogP contribution in [0.4, 0.5) is 0 Å². The molecule has 1 aromatic rings. The molecule has 3 heteroatoms. The first-order valence-electron chi connectivity index (χ1n) is 7.45. The van der Waals surface area contributed by atoms with Gasteiger partial charge in [0.05, 0.1) is 13.7 Å². The second-order valence-corrected chi connectivity index (χ2v) is 5.57. The SMILES string of the molecule is CCC(C)C(C)NC(C)c1ccc(OC)c(COC)c1. The number of hydrogen-bond acceptors (Lipinski definition) is 3. The lowest BCUT2D eigenvalue weighted by Gasteiger charge is -2.25. The molecule has 0 fully saturated rings. The Morgan fingerprint density at radius 2 is 1.85 bits per heavy atom. The van der Waals surface area contributed by atoms with Gasteiger partial charge in [-0.25, -0.2) is 0 Å². The third-order valence-corrected chi connectivity index (χ3v) is 4.11. The van der Waals surface area contributed by atoms with Crippen molar-refractivity contribution in [2.45, 2.75) is 52.8 Å². The van der Waals surface area contributed by atoms with Gasteiger partial charge in [0.1, 0.15) is 5.75 Å². The summed E-state index contributed by atoms with van der Waals surface area (Å²) >= 11 is 0. The van der Waals surface area contributed by atoms with E-state index in [9.17, 15) is 0 Å². The average molecular weight is 279 g/mol. The van der Waals surface area contributed by atoms with Crippen LogP contribution in [0.2, 0.25) is 0 Å². The van der Waals surface area contributed by atoms with Crippen LogP contribution in [0.15, 0.2) is 18.2 Å². The van der Waals surface area contributed by atoms with Crippen molar-refractivity contribution in [3.8, 4) is 5.75 Å². The maximum absolute atomic E-state index is 5.37. The Morgan fingerprint density at radius 3 is 2.40 bits per heavy atom. The smallest absolute Gasteiger partial charge is 0.124 e. The lowest BCUT2D eigenvalue weighted by Crippen LogP contribution is -2.34. The lowest BCUT2D eigenvalue weighted by atomic mass is 9.98. The molecule has 0 spiro atoms. The third kappa shape index (κ3) is 4.50. The first kappa shape index (κ1) is 17.0. The second kappa shape index (κ2) is 8.28. The highest BCUT2D eigenvalue weighted by Crippen LogP contribution is 2.24. The van der Waals surface area contributed by atoms with E-state index in [2.05, 4.69) is 45.1 Å². The summed E-state index contributed by atoms with van der Waals surface area (Å²) in [5, 5.41) is 3.67. The van der Waals surface area contributed by atoms with Crippen molar-refractivity contribution in [3.63, 3.8) is 0 Å². The predicted molar refractivity (Wildman–Crippen MR) is 84.2 cm³/mol. The molecule has 20 heavy (non-hydrogen) atoms. The standard InChI is InChI=1S/C17H29NO2/c1-7-12(2)13(3)18-14(4)15-8-9-17(20-6)16(10-15)11-19-5/h8-10,12-14,18H,7,11H2,1-6H3. The molecule has 0 radical (unpaired) electrons. The van der Waals surface area contributed by atoms with Gasteiger partial charge < -0.3 is 14.8 Å². The molecule has 114 valence electrons. The minimum absolute atomic E-state index is 0.320. The molecule has 0 aliphatic rings. The number of methoxy groups -OCH3 is 2. The van der Waals surface area contributed by atoms with Crippen molar-refractivity contribution in [2.24, 2.45) is 5.92 Å². The van der Waals surface area contributed by atoms with Gasteiger partial charge in [0.25, 0.3) is 0 Å². The van der Waals surface area contributed by atoms with Gasteiger partial charge in [-0.3, -0.25) is 0 Å². The molecule has 0 aliphatic carbocycles. The Balaban J connectivity index is 2.82. The quantitative estimate of drug-likeness (QED) is 0.782. The number of hydrogen-bond donors (Lipinski definition) is 1. The second-order valence-electron chi connectivity index (χ2n) is 5.57. The fraction of sp³-hybridized carbons (Fsp3) is 0.647. The third-order valence-electron chi connectivity index (χ3n) is 4.11. The highest BCUT2D eigenvalue weighted by atomic mass is 16.5. The van der Waals surface area contributed by atoms with Gasteiger partial charge in [0.2, 0.25) is 0 Å². The molecule has 0 bridgehead atoms. The van der Waals surface area contributed by atoms with E-state index in [4.69, 9.17) is 9.47 Å². The minimum Gasteiger partial charge on any atom is -0.496 e. The van der Waals surface area contributed by atoms with Crippen molar-refractivity contribution in [2.75, 3.05) is 14.2 Å². The summed E-state index contributed by atoms with van der Waals surface area (Å²) in [6.45, 7) is 9.55. The molecule has 0 saturated heterocycles. The summed E-state index contributed by atoms with van der Waals surface area (Å²) < 4.78 is 10.6. The number of rotatable bonds is 8. The zero-order valence-corrected chi connectivity index (χ0v) is 13.7. The highest BCUT2D eigenvalue weighted by Gasteiger charge is 2.15. The van der Waals surface area contributed by atoms with Crippen molar-refractivity contribution >= 4 is 0 Å². The van der Waals surface area contributed by atoms with Crippen LogP contribution < -0.4 is 10.1 Å². The van der Waals surface area contributed by atoms with E-state index in [0.717, 1.165) is 11.3 Å². The van der Waals surface area contributed by atoms with E-state index in [1.54, 1.807) is 14.2 Å². The Hall–Kier alpha value is -1.06. The van der Waals surface area contributed by atoms with Crippen LogP contribution in [-0.4, -0.2) is 20.3 Å². The predicted octanol–water partition coefficient (Wildman–Crippen LogP) is 3.93. The normalized spacial score (nSPS) is 15.7. The molecule has 3 atom stereocenters. The maximum Gasteiger partial charge on any atom is 0.124 e. The molecular formula is C17H29NO2. The molecule has 3 nitrogen and oxygen atoms in total. The van der Waals surface area contributed by atoms with Crippen LogP contribution in [-0.2, 0) is 11.3 Å². The Kier molecular flexibility index (Phi) is 7.03. The van der Waals surface area contributed by atoms with Gasteiger partial charge in [0, 0.05) is 24.8 Å². The van der Waals surface area contributed by atoms with Crippen LogP contribution in [0.1, 0.15) is 51.3 Å². The van der Waals surface area contributed by atoms with Crippen molar-refractivity contribution in [1.29, 1.82) is 0 Å². The van der Waals surface area contributed by atoms with Gasteiger partial charge in [-0.05, 0) is 37.5 Å². The van der Waals surface area contributed by atoms with Crippen LogP contribution in [0, 0.1) is 5.92 Å². The van der Waals surface area contributed by atoms with Crippen LogP contribution in [0.25, 0.3) is 0 Å². The summed E-state index contributed by atoms with van der Waals surface area (Å²) in [5.74, 6) is 1.56. The van der Waals surface area contributed by atoms with Gasteiger partial charge in [-0.2, -0.15) is 0 Å². The van der Waals surface area contributed by atoms with Crippen molar-refractivity contribution in [1.82, 2.24) is 5.32 Å². The van der Waals surface area contributed by atoms with Gasteiger partial charge >= 0.3 is 0 Å². The number of ether oxygens (including phenoxy) is 2. The molecule has 0 heterocycles. The maximum atomic E-state index is 5.37. The van der Waals surface area contributed by atoms with E-state index in [0.29, 0.717) is 24.6 Å². The Labute approximate surface area is 123 Å². The van der Waals surface area contributed by atoms with Gasteiger partial charge in [-0.15, -0.1) is 0 Å². The fourth-order valence-electron chi connectivity index (χ4n) is 2.34. The minimum atomic E-state index is 0.320. The molecule has 0 saturated carbocycles. The van der Waals surface area contributed by atoms with E-state index >= 15 is 0 Å². The molecule has 0 amide bonds. The van der Waals surface area contributed by atoms with E-state index in [-0.39, 0.29) is 0 Å². The highest BCUT2D eigenvalue weighted by molar-refractivity contribution is 5.38. The van der Waals surface area contributed by atoms with E-state index in [1.807, 2.05) is 6.07 Å². The monoisotopic (exact) mass is 279 g/mol. The summed E-state index contributed by atoms with van der Waals surface area (Å²) in [6.07, 6.45) is 1.19. The summed E-state index contributed by atoms with van der Waals surface area (Å²) in [5.41, 5.74) is 2.37. The Bertz CT molecular complexity index is 406. The van der Waals surface area contributed by atoms with E-state index < -0.39 is 0 Å². The first-order valence-corrected chi connectivity index (χ1v) is 7.45. The van der Waals surface area contributed by atoms with Crippen LogP contribution in [0.3, 0.4) is 0 Å². The van der Waals surface area contributed by atoms with Crippen LogP contribution in [0.5, 0.6) is 5.75 Å².